The van der Waals surface area contributed by atoms with Crippen LogP contribution in [0.15, 0.2) is 0 Å². The molecule has 1 atom stereocenters. The lowest BCUT2D eigenvalue weighted by Gasteiger charge is -2.14. The van der Waals surface area contributed by atoms with Crippen LogP contribution >= 0.6 is 25.0 Å². The van der Waals surface area contributed by atoms with Crippen LogP contribution in [0.3, 0.4) is 0 Å². The number of carbonyl (C=O) groups excluding carboxylic acids is 1. The van der Waals surface area contributed by atoms with Crippen molar-refractivity contribution in [3.05, 3.63) is 0 Å². The maximum Gasteiger partial charge on any atom is 0.237 e. The molecule has 3 nitrogen and oxygen atoms in total. The first kappa shape index (κ1) is 16.5. The zero-order chi connectivity index (χ0) is 10.1. The Morgan fingerprint density at radius 3 is 2.50 bits per heavy atom. The van der Waals surface area contributed by atoms with Gasteiger partial charge in [-0.25, -0.2) is 0 Å². The Hall–Kier alpha value is 0.0700. The fraction of sp³-hybridized carbons (Fsp3) is 0.889. The van der Waals surface area contributed by atoms with E-state index in [1.165, 1.54) is 0 Å². The largest absolute Gasteiger partial charge is 0.355 e. The number of likely N-dealkylation sites (N-methyl/N-ethyl adjacent to an activating group) is 1. The smallest absolute Gasteiger partial charge is 0.237 e. The number of halogens is 1. The molecule has 0 saturated carbocycles. The summed E-state index contributed by atoms with van der Waals surface area (Å²) in [4.78, 5) is 11.4. The van der Waals surface area contributed by atoms with Crippen molar-refractivity contribution < 1.29 is 4.79 Å². The van der Waals surface area contributed by atoms with Crippen molar-refractivity contribution in [2.75, 3.05) is 18.8 Å². The van der Waals surface area contributed by atoms with Gasteiger partial charge >= 0.3 is 0 Å². The predicted octanol–water partition coefficient (Wildman–Crippen LogP) is 1.23. The number of hydrogen-bond donors (Lipinski definition) is 3. The van der Waals surface area contributed by atoms with Gasteiger partial charge in [-0.3, -0.25) is 4.79 Å². The van der Waals surface area contributed by atoms with Gasteiger partial charge in [0.05, 0.1) is 6.04 Å². The first-order valence-electron chi connectivity index (χ1n) is 4.88. The number of carbonyl (C=O) groups is 1. The van der Waals surface area contributed by atoms with Gasteiger partial charge in [-0.15, -0.1) is 12.4 Å². The van der Waals surface area contributed by atoms with Crippen molar-refractivity contribution in [3.63, 3.8) is 0 Å². The molecule has 0 spiro atoms. The first-order chi connectivity index (χ1) is 6.26. The molecule has 0 aromatic rings. The van der Waals surface area contributed by atoms with E-state index in [2.05, 4.69) is 30.2 Å². The van der Waals surface area contributed by atoms with E-state index in [0.717, 1.165) is 25.9 Å². The molecule has 14 heavy (non-hydrogen) atoms. The van der Waals surface area contributed by atoms with Crippen molar-refractivity contribution in [1.82, 2.24) is 10.6 Å². The van der Waals surface area contributed by atoms with Gasteiger partial charge in [-0.1, -0.05) is 20.3 Å². The second kappa shape index (κ2) is 11.1. The number of amides is 1. The molecule has 0 saturated heterocycles. The third-order valence-corrected chi connectivity index (χ3v) is 2.14. The minimum Gasteiger partial charge on any atom is -0.355 e. The average molecular weight is 241 g/mol. The Labute approximate surface area is 98.2 Å². The summed E-state index contributed by atoms with van der Waals surface area (Å²) in [7, 11) is 0. The molecule has 0 fully saturated rings. The SMILES string of the molecule is CCCCNC(=O)[C@H](CS)NCC.Cl. The molecular formula is C9H21ClN2OS. The van der Waals surface area contributed by atoms with E-state index in [1.54, 1.807) is 0 Å². The lowest BCUT2D eigenvalue weighted by atomic mass is 10.3. The van der Waals surface area contributed by atoms with Gasteiger partial charge in [-0.05, 0) is 13.0 Å². The molecule has 0 aromatic heterocycles. The van der Waals surface area contributed by atoms with E-state index in [0.29, 0.717) is 5.75 Å². The van der Waals surface area contributed by atoms with Crippen LogP contribution in [-0.4, -0.2) is 30.8 Å². The van der Waals surface area contributed by atoms with Crippen LogP contribution in [0.4, 0.5) is 0 Å². The summed E-state index contributed by atoms with van der Waals surface area (Å²) in [6.07, 6.45) is 2.14. The van der Waals surface area contributed by atoms with Crippen molar-refractivity contribution >= 4 is 30.9 Å². The molecular weight excluding hydrogens is 220 g/mol. The molecule has 0 bridgehead atoms. The van der Waals surface area contributed by atoms with E-state index >= 15 is 0 Å². The molecule has 86 valence electrons. The van der Waals surface area contributed by atoms with Crippen LogP contribution in [0.5, 0.6) is 0 Å². The molecule has 0 radical (unpaired) electrons. The summed E-state index contributed by atoms with van der Waals surface area (Å²) < 4.78 is 0. The van der Waals surface area contributed by atoms with E-state index in [1.807, 2.05) is 6.92 Å². The lowest BCUT2D eigenvalue weighted by molar-refractivity contribution is -0.122. The molecule has 0 aliphatic heterocycles. The Bertz CT molecular complexity index is 147. The van der Waals surface area contributed by atoms with Crippen LogP contribution in [0.25, 0.3) is 0 Å². The monoisotopic (exact) mass is 240 g/mol. The molecule has 0 heterocycles. The first-order valence-corrected chi connectivity index (χ1v) is 5.51. The van der Waals surface area contributed by atoms with E-state index in [-0.39, 0.29) is 24.4 Å². The highest BCUT2D eigenvalue weighted by atomic mass is 35.5. The summed E-state index contributed by atoms with van der Waals surface area (Å²) in [5.74, 6) is 0.608. The van der Waals surface area contributed by atoms with Crippen LogP contribution in [0.1, 0.15) is 26.7 Å². The minimum absolute atomic E-state index is 0. The molecule has 0 unspecified atom stereocenters. The van der Waals surface area contributed by atoms with Gasteiger partial charge in [0.15, 0.2) is 0 Å². The Morgan fingerprint density at radius 1 is 1.43 bits per heavy atom. The molecule has 0 rings (SSSR count). The fourth-order valence-corrected chi connectivity index (χ4v) is 1.29. The number of thiol groups is 1. The van der Waals surface area contributed by atoms with Crippen molar-refractivity contribution in [3.8, 4) is 0 Å². The number of unbranched alkanes of at least 4 members (excludes halogenated alkanes) is 1. The zero-order valence-corrected chi connectivity index (χ0v) is 10.6. The maximum atomic E-state index is 11.4. The predicted molar refractivity (Wildman–Crippen MR) is 66.5 cm³/mol. The summed E-state index contributed by atoms with van der Waals surface area (Å²) in [6, 6.07) is -0.148. The van der Waals surface area contributed by atoms with E-state index in [9.17, 15) is 4.79 Å². The Kier molecular flexibility index (Phi) is 13.1. The van der Waals surface area contributed by atoms with Crippen molar-refractivity contribution in [2.45, 2.75) is 32.7 Å². The maximum absolute atomic E-state index is 11.4. The molecule has 2 N–H and O–H groups in total. The number of rotatable bonds is 7. The van der Waals surface area contributed by atoms with Crippen molar-refractivity contribution in [2.24, 2.45) is 0 Å². The van der Waals surface area contributed by atoms with Gasteiger partial charge in [0.25, 0.3) is 0 Å². The number of hydrogen-bond acceptors (Lipinski definition) is 3. The highest BCUT2D eigenvalue weighted by molar-refractivity contribution is 7.80. The van der Waals surface area contributed by atoms with Crippen LogP contribution < -0.4 is 10.6 Å². The normalized spacial score (nSPS) is 11.6. The molecule has 0 aromatic carbocycles. The highest BCUT2D eigenvalue weighted by Gasteiger charge is 2.13. The number of nitrogens with one attached hydrogen (secondary N) is 2. The molecule has 0 aliphatic rings. The van der Waals surface area contributed by atoms with E-state index < -0.39 is 0 Å². The van der Waals surface area contributed by atoms with Crippen molar-refractivity contribution in [1.29, 1.82) is 0 Å². The summed E-state index contributed by atoms with van der Waals surface area (Å²) in [5.41, 5.74) is 0. The summed E-state index contributed by atoms with van der Waals surface area (Å²) in [5, 5.41) is 5.94. The summed E-state index contributed by atoms with van der Waals surface area (Å²) in [6.45, 7) is 5.65. The minimum atomic E-state index is -0.148. The topological polar surface area (TPSA) is 41.1 Å². The average Bonchev–Trinajstić information content (AvgIpc) is 2.14. The second-order valence-electron chi connectivity index (χ2n) is 2.94. The fourth-order valence-electron chi connectivity index (χ4n) is 0.998. The van der Waals surface area contributed by atoms with Crippen LogP contribution in [0.2, 0.25) is 0 Å². The molecule has 0 aliphatic carbocycles. The van der Waals surface area contributed by atoms with Crippen LogP contribution in [-0.2, 0) is 4.79 Å². The third kappa shape index (κ3) is 7.47. The Balaban J connectivity index is 0. The third-order valence-electron chi connectivity index (χ3n) is 1.78. The van der Waals surface area contributed by atoms with Gasteiger partial charge < -0.3 is 10.6 Å². The van der Waals surface area contributed by atoms with Gasteiger partial charge in [0.1, 0.15) is 0 Å². The Morgan fingerprint density at radius 2 is 2.07 bits per heavy atom. The van der Waals surface area contributed by atoms with Gasteiger partial charge in [0.2, 0.25) is 5.91 Å². The van der Waals surface area contributed by atoms with Gasteiger partial charge in [0, 0.05) is 12.3 Å². The van der Waals surface area contributed by atoms with Crippen LogP contribution in [0, 0.1) is 0 Å². The quantitative estimate of drug-likeness (QED) is 0.463. The highest BCUT2D eigenvalue weighted by Crippen LogP contribution is 1.89. The standard InChI is InChI=1S/C9H20N2OS.ClH/c1-3-5-6-11-9(12)8(7-13)10-4-2;/h8,10,13H,3-7H2,1-2H3,(H,11,12);1H/t8-;/m0./s1. The van der Waals surface area contributed by atoms with Gasteiger partial charge in [-0.2, -0.15) is 12.6 Å². The second-order valence-corrected chi connectivity index (χ2v) is 3.30. The molecule has 1 amide bonds. The zero-order valence-electron chi connectivity index (χ0n) is 8.88. The molecule has 5 heteroatoms. The van der Waals surface area contributed by atoms with E-state index in [4.69, 9.17) is 0 Å². The summed E-state index contributed by atoms with van der Waals surface area (Å²) >= 11 is 4.11. The lowest BCUT2D eigenvalue weighted by Crippen LogP contribution is -2.45.